The first-order valence-corrected chi connectivity index (χ1v) is 12.4. The number of amides is 1. The molecule has 3 N–H and O–H groups in total. The van der Waals surface area contributed by atoms with Gasteiger partial charge in [-0.25, -0.2) is 4.79 Å². The van der Waals surface area contributed by atoms with Crippen molar-refractivity contribution >= 4 is 6.09 Å². The van der Waals surface area contributed by atoms with Crippen LogP contribution in [0.2, 0.25) is 0 Å². The van der Waals surface area contributed by atoms with Crippen LogP contribution in [-0.2, 0) is 30.6 Å². The number of rotatable bonds is 13. The Morgan fingerprint density at radius 1 is 0.800 bits per heavy atom. The molecule has 1 amide bonds. The number of ether oxygens (including phenoxy) is 1. The second-order valence-corrected chi connectivity index (χ2v) is 9.24. The Balaban J connectivity index is 1.48. The van der Waals surface area contributed by atoms with E-state index in [1.807, 2.05) is 36.4 Å². The largest absolute Gasteiger partial charge is 0.445 e. The fraction of sp³-hybridized carbons (Fsp3) is 0.367. The van der Waals surface area contributed by atoms with Gasteiger partial charge in [0, 0.05) is 0 Å². The number of hydrogen-bond donors (Lipinski definition) is 3. The van der Waals surface area contributed by atoms with E-state index in [0.29, 0.717) is 12.8 Å². The van der Waals surface area contributed by atoms with Gasteiger partial charge in [0.15, 0.2) is 0 Å². The van der Waals surface area contributed by atoms with E-state index in [1.54, 1.807) is 0 Å². The van der Waals surface area contributed by atoms with Crippen molar-refractivity contribution in [2.75, 3.05) is 13.2 Å². The third kappa shape index (κ3) is 8.53. The molecule has 0 spiro atoms. The van der Waals surface area contributed by atoms with Crippen molar-refractivity contribution in [1.29, 1.82) is 0 Å². The highest BCUT2D eigenvalue weighted by Gasteiger charge is 2.31. The summed E-state index contributed by atoms with van der Waals surface area (Å²) in [5.41, 5.74) is 4.75. The summed E-state index contributed by atoms with van der Waals surface area (Å²) in [6.07, 6.45) is 4.81. The number of aryl methyl sites for hydroxylation is 4. The van der Waals surface area contributed by atoms with Crippen LogP contribution in [0.25, 0.3) is 0 Å². The average Bonchev–Trinajstić information content (AvgIpc) is 2.90. The fourth-order valence-electron chi connectivity index (χ4n) is 4.20. The number of aliphatic hydroxyl groups excluding tert-OH is 2. The Kier molecular flexibility index (Phi) is 10.3. The van der Waals surface area contributed by atoms with Gasteiger partial charge in [-0.05, 0) is 73.3 Å². The van der Waals surface area contributed by atoms with Crippen LogP contribution < -0.4 is 5.32 Å². The van der Waals surface area contributed by atoms with Gasteiger partial charge in [0.2, 0.25) is 0 Å². The minimum atomic E-state index is -1.14. The maximum atomic E-state index is 12.3. The van der Waals surface area contributed by atoms with Crippen LogP contribution in [0.15, 0.2) is 78.9 Å². The molecule has 5 heteroatoms. The van der Waals surface area contributed by atoms with E-state index < -0.39 is 11.6 Å². The Hall–Kier alpha value is -3.15. The number of nitrogens with one attached hydrogen (secondary N) is 1. The van der Waals surface area contributed by atoms with E-state index in [2.05, 4.69) is 54.7 Å². The molecule has 35 heavy (non-hydrogen) atoms. The molecule has 0 fully saturated rings. The molecule has 0 saturated carbocycles. The monoisotopic (exact) mass is 475 g/mol. The van der Waals surface area contributed by atoms with E-state index in [1.165, 1.54) is 16.7 Å². The first kappa shape index (κ1) is 26.5. The van der Waals surface area contributed by atoms with Crippen LogP contribution >= 0.6 is 0 Å². The lowest BCUT2D eigenvalue weighted by molar-refractivity contribution is 0.0676. The molecule has 0 bridgehead atoms. The lowest BCUT2D eigenvalue weighted by Gasteiger charge is -2.31. The SMILES string of the molecule is Cc1cc(CCCCc2ccccc2)ccc1CCC(CO)(CO)NC(=O)OCc1ccccc1. The summed E-state index contributed by atoms with van der Waals surface area (Å²) in [6, 6.07) is 26.5. The van der Waals surface area contributed by atoms with E-state index >= 15 is 0 Å². The number of hydrogen-bond acceptors (Lipinski definition) is 4. The van der Waals surface area contributed by atoms with Crippen molar-refractivity contribution in [3.63, 3.8) is 0 Å². The van der Waals surface area contributed by atoms with Gasteiger partial charge in [0.25, 0.3) is 0 Å². The smallest absolute Gasteiger partial charge is 0.408 e. The van der Waals surface area contributed by atoms with Crippen LogP contribution in [0.1, 0.15) is 47.1 Å². The Labute approximate surface area is 208 Å². The Morgan fingerprint density at radius 3 is 2.00 bits per heavy atom. The quantitative estimate of drug-likeness (QED) is 0.299. The van der Waals surface area contributed by atoms with Crippen LogP contribution in [0.3, 0.4) is 0 Å². The Bertz CT molecular complexity index is 1030. The van der Waals surface area contributed by atoms with Crippen LogP contribution in [0.5, 0.6) is 0 Å². The standard InChI is InChI=1S/C30H37NO4/c1-24-20-26(13-9-8-12-25-10-4-2-5-11-25)16-17-28(24)18-19-30(22-32,23-33)31-29(34)35-21-27-14-6-3-7-15-27/h2-7,10-11,14-17,20,32-33H,8-9,12-13,18-19,21-23H2,1H3,(H,31,34). The first-order chi connectivity index (χ1) is 17.0. The molecular formula is C30H37NO4. The zero-order valence-corrected chi connectivity index (χ0v) is 20.6. The number of benzene rings is 3. The lowest BCUT2D eigenvalue weighted by atomic mass is 9.90. The number of aliphatic hydroxyl groups is 2. The predicted molar refractivity (Wildman–Crippen MR) is 139 cm³/mol. The van der Waals surface area contributed by atoms with Gasteiger partial charge in [0.05, 0.1) is 18.8 Å². The van der Waals surface area contributed by atoms with Crippen molar-refractivity contribution in [2.24, 2.45) is 0 Å². The van der Waals surface area contributed by atoms with Gasteiger partial charge in [-0.15, -0.1) is 0 Å². The summed E-state index contributed by atoms with van der Waals surface area (Å²) in [5.74, 6) is 0. The normalized spacial score (nSPS) is 11.3. The summed E-state index contributed by atoms with van der Waals surface area (Å²) in [7, 11) is 0. The third-order valence-electron chi connectivity index (χ3n) is 6.49. The highest BCUT2D eigenvalue weighted by atomic mass is 16.5. The number of alkyl carbamates (subject to hydrolysis) is 1. The van der Waals surface area contributed by atoms with E-state index in [-0.39, 0.29) is 19.8 Å². The third-order valence-corrected chi connectivity index (χ3v) is 6.49. The number of carbonyl (C=O) groups is 1. The molecule has 0 aliphatic heterocycles. The highest BCUT2D eigenvalue weighted by molar-refractivity contribution is 5.68. The molecule has 0 aliphatic rings. The molecule has 0 radical (unpaired) electrons. The van der Waals surface area contributed by atoms with Crippen molar-refractivity contribution in [3.8, 4) is 0 Å². The predicted octanol–water partition coefficient (Wildman–Crippen LogP) is 5.14. The second kappa shape index (κ2) is 13.7. The van der Waals surface area contributed by atoms with Crippen LogP contribution in [-0.4, -0.2) is 35.1 Å². The summed E-state index contributed by atoms with van der Waals surface area (Å²) >= 11 is 0. The maximum Gasteiger partial charge on any atom is 0.408 e. The topological polar surface area (TPSA) is 78.8 Å². The lowest BCUT2D eigenvalue weighted by Crippen LogP contribution is -2.54. The highest BCUT2D eigenvalue weighted by Crippen LogP contribution is 2.20. The number of carbonyl (C=O) groups excluding carboxylic acids is 1. The summed E-state index contributed by atoms with van der Waals surface area (Å²) in [4.78, 5) is 12.3. The second-order valence-electron chi connectivity index (χ2n) is 9.24. The number of unbranched alkanes of at least 4 members (excludes halogenated alkanes) is 1. The molecule has 0 aromatic heterocycles. The molecule has 0 heterocycles. The molecule has 3 aromatic carbocycles. The zero-order chi connectivity index (χ0) is 24.9. The van der Waals surface area contributed by atoms with Gasteiger partial charge < -0.3 is 20.3 Å². The molecule has 186 valence electrons. The summed E-state index contributed by atoms with van der Waals surface area (Å²) in [6.45, 7) is 1.47. The van der Waals surface area contributed by atoms with E-state index in [9.17, 15) is 15.0 Å². The zero-order valence-electron chi connectivity index (χ0n) is 20.6. The van der Waals surface area contributed by atoms with Crippen LogP contribution in [0.4, 0.5) is 4.79 Å². The summed E-state index contributed by atoms with van der Waals surface area (Å²) in [5, 5.41) is 22.6. The molecular weight excluding hydrogens is 438 g/mol. The average molecular weight is 476 g/mol. The molecule has 0 unspecified atom stereocenters. The van der Waals surface area contributed by atoms with Crippen LogP contribution in [0, 0.1) is 6.92 Å². The van der Waals surface area contributed by atoms with E-state index in [0.717, 1.165) is 36.8 Å². The van der Waals surface area contributed by atoms with Gasteiger partial charge in [-0.1, -0.05) is 78.9 Å². The van der Waals surface area contributed by atoms with Crippen molar-refractivity contribution in [3.05, 3.63) is 107 Å². The molecule has 0 aliphatic carbocycles. The summed E-state index contributed by atoms with van der Waals surface area (Å²) < 4.78 is 5.28. The van der Waals surface area contributed by atoms with Gasteiger partial charge in [-0.2, -0.15) is 0 Å². The Morgan fingerprint density at radius 2 is 1.40 bits per heavy atom. The minimum absolute atomic E-state index is 0.130. The molecule has 0 atom stereocenters. The van der Waals surface area contributed by atoms with Gasteiger partial charge in [0.1, 0.15) is 6.61 Å². The van der Waals surface area contributed by atoms with Crippen molar-refractivity contribution < 1.29 is 19.7 Å². The first-order valence-electron chi connectivity index (χ1n) is 12.4. The molecule has 0 saturated heterocycles. The molecule has 3 rings (SSSR count). The van der Waals surface area contributed by atoms with Crippen molar-refractivity contribution in [2.45, 2.75) is 57.6 Å². The minimum Gasteiger partial charge on any atom is -0.445 e. The van der Waals surface area contributed by atoms with E-state index in [4.69, 9.17) is 4.74 Å². The van der Waals surface area contributed by atoms with Crippen molar-refractivity contribution in [1.82, 2.24) is 5.32 Å². The van der Waals surface area contributed by atoms with Gasteiger partial charge >= 0.3 is 6.09 Å². The molecule has 5 nitrogen and oxygen atoms in total. The van der Waals surface area contributed by atoms with Gasteiger partial charge in [-0.3, -0.25) is 0 Å². The molecule has 3 aromatic rings. The maximum absolute atomic E-state index is 12.3. The fourth-order valence-corrected chi connectivity index (χ4v) is 4.20.